The molecule has 1 aromatic carbocycles. The molecule has 0 N–H and O–H groups in total. The third-order valence-electron chi connectivity index (χ3n) is 2.26. The van der Waals surface area contributed by atoms with Crippen LogP contribution in [0, 0.1) is 11.6 Å². The van der Waals surface area contributed by atoms with Crippen LogP contribution in [0.5, 0.6) is 0 Å². The van der Waals surface area contributed by atoms with Gasteiger partial charge >= 0.3 is 0 Å². The van der Waals surface area contributed by atoms with Crippen LogP contribution in [0.3, 0.4) is 0 Å². The van der Waals surface area contributed by atoms with Crippen molar-refractivity contribution in [2.24, 2.45) is 0 Å². The molecule has 0 radical (unpaired) electrons. The summed E-state index contributed by atoms with van der Waals surface area (Å²) in [6, 6.07) is 3.27. The Morgan fingerprint density at radius 1 is 1.44 bits per heavy atom. The van der Waals surface area contributed by atoms with Gasteiger partial charge in [0.15, 0.2) is 0 Å². The molecule has 0 bridgehead atoms. The van der Waals surface area contributed by atoms with Crippen LogP contribution in [0.4, 0.5) is 8.78 Å². The molecule has 16 heavy (non-hydrogen) atoms. The number of carbonyl (C=O) groups excluding carboxylic acids is 1. The van der Waals surface area contributed by atoms with Gasteiger partial charge in [0.1, 0.15) is 17.5 Å². The van der Waals surface area contributed by atoms with E-state index in [2.05, 4.69) is 0 Å². The number of nitrogens with zero attached hydrogens (tertiary/aromatic N) is 1. The number of benzene rings is 1. The van der Waals surface area contributed by atoms with Crippen LogP contribution in [0.25, 0.3) is 0 Å². The number of carbonyl (C=O) groups is 1. The number of alkyl halides is 1. The van der Waals surface area contributed by atoms with Crippen LogP contribution >= 0.6 is 11.6 Å². The van der Waals surface area contributed by atoms with Gasteiger partial charge in [-0.3, -0.25) is 4.79 Å². The van der Waals surface area contributed by atoms with Crippen LogP contribution in [-0.4, -0.2) is 30.3 Å². The van der Waals surface area contributed by atoms with Gasteiger partial charge in [-0.2, -0.15) is 0 Å². The molecule has 0 saturated carbocycles. The lowest BCUT2D eigenvalue weighted by Gasteiger charge is -2.15. The Morgan fingerprint density at radius 2 is 2.12 bits per heavy atom. The molecule has 0 aromatic heterocycles. The SMILES string of the molecule is CN(CCc1cc(F)ccc1F)C(=O)CCl. The van der Waals surface area contributed by atoms with Gasteiger partial charge in [-0.05, 0) is 30.2 Å². The molecular formula is C11H12ClF2NO. The summed E-state index contributed by atoms with van der Waals surface area (Å²) in [6.45, 7) is 0.311. The molecule has 0 aliphatic carbocycles. The van der Waals surface area contributed by atoms with Gasteiger partial charge in [-0.15, -0.1) is 11.6 Å². The number of rotatable bonds is 4. The van der Waals surface area contributed by atoms with Gasteiger partial charge in [-0.25, -0.2) is 8.78 Å². The van der Waals surface area contributed by atoms with Crippen molar-refractivity contribution in [1.29, 1.82) is 0 Å². The first kappa shape index (κ1) is 12.9. The Hall–Kier alpha value is -1.16. The van der Waals surface area contributed by atoms with E-state index < -0.39 is 11.6 Å². The van der Waals surface area contributed by atoms with E-state index in [1.807, 2.05) is 0 Å². The molecule has 0 aliphatic rings. The van der Waals surface area contributed by atoms with E-state index in [1.165, 1.54) is 4.90 Å². The second kappa shape index (κ2) is 5.80. The Labute approximate surface area is 97.8 Å². The molecule has 0 saturated heterocycles. The van der Waals surface area contributed by atoms with Crippen molar-refractivity contribution in [3.05, 3.63) is 35.4 Å². The summed E-state index contributed by atoms with van der Waals surface area (Å²) >= 11 is 5.36. The largest absolute Gasteiger partial charge is 0.344 e. The minimum atomic E-state index is -0.484. The average molecular weight is 248 g/mol. The first-order valence-corrected chi connectivity index (χ1v) is 5.32. The third-order valence-corrected chi connectivity index (χ3v) is 2.49. The van der Waals surface area contributed by atoms with E-state index in [9.17, 15) is 13.6 Å². The van der Waals surface area contributed by atoms with E-state index in [4.69, 9.17) is 11.6 Å². The monoisotopic (exact) mass is 247 g/mol. The summed E-state index contributed by atoms with van der Waals surface area (Å²) in [5, 5.41) is 0. The van der Waals surface area contributed by atoms with Crippen molar-refractivity contribution in [2.45, 2.75) is 6.42 Å². The van der Waals surface area contributed by atoms with Crippen molar-refractivity contribution in [3.63, 3.8) is 0 Å². The van der Waals surface area contributed by atoms with Crippen molar-refractivity contribution in [3.8, 4) is 0 Å². The average Bonchev–Trinajstić information content (AvgIpc) is 2.28. The second-order valence-corrected chi connectivity index (χ2v) is 3.70. The van der Waals surface area contributed by atoms with Crippen molar-refractivity contribution >= 4 is 17.5 Å². The Kier molecular flexibility index (Phi) is 4.68. The Bertz CT molecular complexity index is 384. The topological polar surface area (TPSA) is 20.3 Å². The predicted octanol–water partition coefficient (Wildman–Crippen LogP) is 2.20. The quantitative estimate of drug-likeness (QED) is 0.747. The predicted molar refractivity (Wildman–Crippen MR) is 58.4 cm³/mol. The molecule has 1 aromatic rings. The molecule has 1 amide bonds. The van der Waals surface area contributed by atoms with Gasteiger partial charge in [-0.1, -0.05) is 0 Å². The molecule has 0 aliphatic heterocycles. The summed E-state index contributed by atoms with van der Waals surface area (Å²) in [5.74, 6) is -1.29. The maximum absolute atomic E-state index is 13.2. The van der Waals surface area contributed by atoms with E-state index in [0.29, 0.717) is 6.54 Å². The number of hydrogen-bond donors (Lipinski definition) is 0. The molecule has 1 rings (SSSR count). The highest BCUT2D eigenvalue weighted by atomic mass is 35.5. The van der Waals surface area contributed by atoms with Gasteiger partial charge in [0.2, 0.25) is 5.91 Å². The fourth-order valence-corrected chi connectivity index (χ4v) is 1.45. The number of amides is 1. The first-order chi connectivity index (χ1) is 7.54. The second-order valence-electron chi connectivity index (χ2n) is 3.43. The molecular weight excluding hydrogens is 236 g/mol. The maximum Gasteiger partial charge on any atom is 0.237 e. The minimum Gasteiger partial charge on any atom is -0.344 e. The summed E-state index contributed by atoms with van der Waals surface area (Å²) in [4.78, 5) is 12.5. The van der Waals surface area contributed by atoms with Crippen molar-refractivity contribution in [1.82, 2.24) is 4.90 Å². The van der Waals surface area contributed by atoms with Crippen LogP contribution < -0.4 is 0 Å². The van der Waals surface area contributed by atoms with Crippen molar-refractivity contribution in [2.75, 3.05) is 19.5 Å². The van der Waals surface area contributed by atoms with Crippen LogP contribution in [0.15, 0.2) is 18.2 Å². The highest BCUT2D eigenvalue weighted by molar-refractivity contribution is 6.27. The number of hydrogen-bond acceptors (Lipinski definition) is 1. The zero-order valence-corrected chi connectivity index (χ0v) is 9.60. The van der Waals surface area contributed by atoms with E-state index in [0.717, 1.165) is 18.2 Å². The summed E-state index contributed by atoms with van der Waals surface area (Å²) in [7, 11) is 1.57. The zero-order valence-electron chi connectivity index (χ0n) is 8.84. The molecule has 0 fully saturated rings. The lowest BCUT2D eigenvalue weighted by Crippen LogP contribution is -2.29. The highest BCUT2D eigenvalue weighted by Gasteiger charge is 2.09. The van der Waals surface area contributed by atoms with E-state index >= 15 is 0 Å². The van der Waals surface area contributed by atoms with Gasteiger partial charge in [0.25, 0.3) is 0 Å². The van der Waals surface area contributed by atoms with E-state index in [1.54, 1.807) is 7.05 Å². The first-order valence-electron chi connectivity index (χ1n) is 4.78. The van der Waals surface area contributed by atoms with Gasteiger partial charge < -0.3 is 4.90 Å². The lowest BCUT2D eigenvalue weighted by molar-refractivity contribution is -0.127. The zero-order chi connectivity index (χ0) is 12.1. The van der Waals surface area contributed by atoms with Gasteiger partial charge in [0.05, 0.1) is 0 Å². The maximum atomic E-state index is 13.2. The minimum absolute atomic E-state index is 0.109. The Balaban J connectivity index is 2.60. The third kappa shape index (κ3) is 3.45. The van der Waals surface area contributed by atoms with Crippen LogP contribution in [0.1, 0.15) is 5.56 Å². The van der Waals surface area contributed by atoms with Crippen LogP contribution in [-0.2, 0) is 11.2 Å². The smallest absolute Gasteiger partial charge is 0.237 e. The Morgan fingerprint density at radius 3 is 2.75 bits per heavy atom. The van der Waals surface area contributed by atoms with Crippen molar-refractivity contribution < 1.29 is 13.6 Å². The fraction of sp³-hybridized carbons (Fsp3) is 0.364. The molecule has 0 atom stereocenters. The molecule has 2 nitrogen and oxygen atoms in total. The molecule has 0 unspecified atom stereocenters. The standard InChI is InChI=1S/C11H12ClF2NO/c1-15(11(16)7-12)5-4-8-6-9(13)2-3-10(8)14/h2-3,6H,4-5,7H2,1H3. The lowest BCUT2D eigenvalue weighted by atomic mass is 10.1. The number of likely N-dealkylation sites (N-methyl/N-ethyl adjacent to an activating group) is 1. The molecule has 88 valence electrons. The molecule has 0 heterocycles. The normalized spacial score (nSPS) is 10.2. The fourth-order valence-electron chi connectivity index (χ4n) is 1.25. The summed E-state index contributed by atoms with van der Waals surface area (Å²) < 4.78 is 26.0. The summed E-state index contributed by atoms with van der Waals surface area (Å²) in [5.41, 5.74) is 0.259. The number of halogens is 3. The summed E-state index contributed by atoms with van der Waals surface area (Å²) in [6.07, 6.45) is 0.267. The van der Waals surface area contributed by atoms with Gasteiger partial charge in [0, 0.05) is 13.6 Å². The molecule has 0 spiro atoms. The molecule has 5 heteroatoms. The van der Waals surface area contributed by atoms with E-state index in [-0.39, 0.29) is 23.8 Å². The highest BCUT2D eigenvalue weighted by Crippen LogP contribution is 2.10. The van der Waals surface area contributed by atoms with Crippen LogP contribution in [0.2, 0.25) is 0 Å².